The largest absolute Gasteiger partial charge is 0.321 e. The van der Waals surface area contributed by atoms with Gasteiger partial charge in [-0.3, -0.25) is 0 Å². The van der Waals surface area contributed by atoms with Crippen molar-refractivity contribution >= 4 is 40.0 Å². The van der Waals surface area contributed by atoms with Gasteiger partial charge < -0.3 is 9.80 Å². The van der Waals surface area contributed by atoms with Crippen molar-refractivity contribution in [2.24, 2.45) is 0 Å². The highest BCUT2D eigenvalue weighted by Gasteiger charge is 2.37. The van der Waals surface area contributed by atoms with Gasteiger partial charge in [-0.05, 0) is 74.5 Å². The Morgan fingerprint density at radius 3 is 0.959 bits per heavy atom. The normalized spacial score (nSPS) is 13.8. The second-order valence-corrected chi connectivity index (χ2v) is 17.9. The van der Waals surface area contributed by atoms with E-state index in [1.165, 1.54) is 49.5 Å². The highest BCUT2D eigenvalue weighted by molar-refractivity contribution is 7.94. The van der Waals surface area contributed by atoms with Crippen molar-refractivity contribution in [3.63, 3.8) is 0 Å². The molecule has 0 bridgehead atoms. The minimum atomic E-state index is -2.32. The molecule has 0 aromatic heterocycles. The smallest absolute Gasteiger partial charge is 0.130 e. The van der Waals surface area contributed by atoms with Crippen LogP contribution in [0.4, 0.5) is 11.4 Å². The molecule has 0 amide bonds. The van der Waals surface area contributed by atoms with Crippen molar-refractivity contribution < 1.29 is 0 Å². The molecule has 49 heavy (non-hydrogen) atoms. The predicted molar refractivity (Wildman–Crippen MR) is 218 cm³/mol. The van der Waals surface area contributed by atoms with Crippen molar-refractivity contribution in [3.05, 3.63) is 162 Å². The molecule has 5 aromatic rings. The molecule has 252 valence electrons. The maximum Gasteiger partial charge on any atom is 0.130 e. The van der Waals surface area contributed by atoms with Gasteiger partial charge in [-0.2, -0.15) is 0 Å². The summed E-state index contributed by atoms with van der Waals surface area (Å²) in [6.45, 7) is 16.3. The summed E-state index contributed by atoms with van der Waals surface area (Å²) in [5.74, 6) is 4.26. The van der Waals surface area contributed by atoms with Crippen LogP contribution >= 0.6 is 6.89 Å². The van der Waals surface area contributed by atoms with Crippen molar-refractivity contribution in [3.8, 4) is 0 Å². The zero-order valence-electron chi connectivity index (χ0n) is 30.6. The van der Waals surface area contributed by atoms with Crippen molar-refractivity contribution in [2.75, 3.05) is 9.80 Å². The molecule has 0 spiro atoms. The van der Waals surface area contributed by atoms with E-state index in [4.69, 9.17) is 0 Å². The summed E-state index contributed by atoms with van der Waals surface area (Å²) in [6, 6.07) is 47.7. The Hall–Kier alpha value is -4.26. The standard InChI is InChI=1S/C46H53N2P/c1-33(2)40-26-18-27-41(34(3)4)45(40)47-30-31-48(46-42(35(5)6)28-19-29-43(46)36(7)8)44(47)32-49(37-20-12-9-13-21-37,38-22-14-10-15-23-38)39-24-16-11-17-25-39/h9-36,44H,1-8H3. The van der Waals surface area contributed by atoms with E-state index in [1.54, 1.807) is 0 Å². The lowest BCUT2D eigenvalue weighted by Gasteiger charge is -2.39. The van der Waals surface area contributed by atoms with Crippen LogP contribution in [-0.2, 0) is 0 Å². The summed E-state index contributed by atoms with van der Waals surface area (Å²) in [4.78, 5) is 5.21. The topological polar surface area (TPSA) is 6.48 Å². The van der Waals surface area contributed by atoms with Crippen LogP contribution in [0, 0.1) is 0 Å². The molecule has 1 aliphatic rings. The van der Waals surface area contributed by atoms with E-state index < -0.39 is 6.89 Å². The molecule has 1 aliphatic heterocycles. The molecule has 0 N–H and O–H groups in total. The lowest BCUT2D eigenvalue weighted by Crippen LogP contribution is -2.44. The number of hydrogen-bond acceptors (Lipinski definition) is 2. The van der Waals surface area contributed by atoms with Gasteiger partial charge in [0.1, 0.15) is 6.17 Å². The first-order chi connectivity index (χ1) is 23.6. The maximum atomic E-state index is 2.75. The molecule has 6 rings (SSSR count). The van der Waals surface area contributed by atoms with E-state index in [0.717, 1.165) is 0 Å². The fourth-order valence-electron chi connectivity index (χ4n) is 7.53. The van der Waals surface area contributed by atoms with Gasteiger partial charge in [0.25, 0.3) is 0 Å². The molecule has 0 saturated heterocycles. The van der Waals surface area contributed by atoms with Crippen LogP contribution in [0.1, 0.15) is 101 Å². The average Bonchev–Trinajstić information content (AvgIpc) is 3.53. The van der Waals surface area contributed by atoms with E-state index in [0.29, 0.717) is 23.7 Å². The third kappa shape index (κ3) is 6.56. The summed E-state index contributed by atoms with van der Waals surface area (Å²) in [6.07, 6.45) is 4.65. The first kappa shape index (κ1) is 34.6. The molecule has 1 heterocycles. The van der Waals surface area contributed by atoms with Crippen LogP contribution in [0.3, 0.4) is 0 Å². The minimum Gasteiger partial charge on any atom is -0.321 e. The number of rotatable bonds is 10. The maximum absolute atomic E-state index is 2.75. The fraction of sp³-hybridized carbons (Fsp3) is 0.283. The highest BCUT2D eigenvalue weighted by Crippen LogP contribution is 2.48. The second kappa shape index (κ2) is 14.7. The fourth-order valence-corrected chi connectivity index (χ4v) is 11.6. The van der Waals surface area contributed by atoms with Gasteiger partial charge in [-0.15, -0.1) is 0 Å². The molecular formula is C46H53N2P. The Morgan fingerprint density at radius 1 is 0.408 bits per heavy atom. The minimum absolute atomic E-state index is 0.0799. The zero-order valence-corrected chi connectivity index (χ0v) is 31.5. The van der Waals surface area contributed by atoms with E-state index in [9.17, 15) is 0 Å². The predicted octanol–water partition coefficient (Wildman–Crippen LogP) is 11.1. The molecule has 0 aliphatic carbocycles. The van der Waals surface area contributed by atoms with Crippen LogP contribution in [-0.4, -0.2) is 12.0 Å². The molecule has 3 heteroatoms. The third-order valence-corrected chi connectivity index (χ3v) is 14.1. The van der Waals surface area contributed by atoms with Crippen LogP contribution < -0.4 is 25.7 Å². The number of hydrogen-bond donors (Lipinski definition) is 0. The van der Waals surface area contributed by atoms with E-state index in [2.05, 4.69) is 211 Å². The van der Waals surface area contributed by atoms with Crippen LogP contribution in [0.5, 0.6) is 0 Å². The summed E-state index contributed by atoms with van der Waals surface area (Å²) >= 11 is 0. The monoisotopic (exact) mass is 664 g/mol. The lowest BCUT2D eigenvalue weighted by molar-refractivity contribution is 0.780. The van der Waals surface area contributed by atoms with Gasteiger partial charge in [-0.25, -0.2) is 0 Å². The number of benzene rings is 5. The molecule has 0 atom stereocenters. The van der Waals surface area contributed by atoms with Gasteiger partial charge in [-0.1, -0.05) is 183 Å². The Kier molecular flexibility index (Phi) is 10.4. The second-order valence-electron chi connectivity index (χ2n) is 14.6. The molecule has 0 radical (unpaired) electrons. The van der Waals surface area contributed by atoms with Crippen molar-refractivity contribution in [2.45, 2.75) is 85.2 Å². The van der Waals surface area contributed by atoms with Crippen molar-refractivity contribution in [1.82, 2.24) is 0 Å². The molecule has 0 unspecified atom stereocenters. The molecule has 2 nitrogen and oxygen atoms in total. The van der Waals surface area contributed by atoms with Crippen LogP contribution in [0.15, 0.2) is 140 Å². The summed E-state index contributed by atoms with van der Waals surface area (Å²) in [7, 11) is 0. The number of anilines is 2. The Balaban J connectivity index is 1.77. The van der Waals surface area contributed by atoms with Gasteiger partial charge >= 0.3 is 0 Å². The Bertz CT molecular complexity index is 1710. The Morgan fingerprint density at radius 2 is 0.694 bits per heavy atom. The quantitative estimate of drug-likeness (QED) is 0.137. The number of para-hydroxylation sites is 2. The third-order valence-electron chi connectivity index (χ3n) is 10.0. The SMILES string of the molecule is CC(C)c1cccc(C(C)C)c1N1C=CN(c2c(C(C)C)cccc2C(C)C)C1C=P(c1ccccc1)(c1ccccc1)c1ccccc1. The lowest BCUT2D eigenvalue weighted by atomic mass is 9.91. The average molecular weight is 665 g/mol. The number of nitrogens with zero attached hydrogens (tertiary/aromatic N) is 2. The highest BCUT2D eigenvalue weighted by atomic mass is 31.2. The van der Waals surface area contributed by atoms with E-state index in [1.807, 2.05) is 0 Å². The molecule has 0 saturated carbocycles. The van der Waals surface area contributed by atoms with Crippen LogP contribution in [0.2, 0.25) is 0 Å². The summed E-state index contributed by atoms with van der Waals surface area (Å²) in [5, 5.41) is 4.09. The Labute approximate surface area is 296 Å². The molecule has 5 aromatic carbocycles. The van der Waals surface area contributed by atoms with Crippen molar-refractivity contribution in [1.29, 1.82) is 0 Å². The molecular weight excluding hydrogens is 611 g/mol. The summed E-state index contributed by atoms with van der Waals surface area (Å²) in [5.41, 5.74) is 8.24. The van der Waals surface area contributed by atoms with Gasteiger partial charge in [0.15, 0.2) is 0 Å². The summed E-state index contributed by atoms with van der Waals surface area (Å²) < 4.78 is 0. The van der Waals surface area contributed by atoms with Gasteiger partial charge in [0.05, 0.1) is 0 Å². The zero-order chi connectivity index (χ0) is 34.7. The first-order valence-electron chi connectivity index (χ1n) is 18.1. The van der Waals surface area contributed by atoms with Crippen LogP contribution in [0.25, 0.3) is 0 Å². The van der Waals surface area contributed by atoms with E-state index >= 15 is 0 Å². The van der Waals surface area contributed by atoms with Gasteiger partial charge in [0, 0.05) is 23.8 Å². The molecule has 0 fully saturated rings. The van der Waals surface area contributed by atoms with Gasteiger partial charge in [0.2, 0.25) is 0 Å². The first-order valence-corrected chi connectivity index (χ1v) is 19.9. The van der Waals surface area contributed by atoms with E-state index in [-0.39, 0.29) is 6.17 Å².